The van der Waals surface area contributed by atoms with Crippen molar-refractivity contribution in [2.75, 3.05) is 5.32 Å². The smallest absolute Gasteiger partial charge is 0.142 e. The van der Waals surface area contributed by atoms with E-state index in [1.807, 2.05) is 43.3 Å². The molecular formula is C19H14ClN3S. The first kappa shape index (κ1) is 15.1. The monoisotopic (exact) mass is 351 g/mol. The number of halogens is 1. The van der Waals surface area contributed by atoms with Gasteiger partial charge in [-0.25, -0.2) is 9.97 Å². The summed E-state index contributed by atoms with van der Waals surface area (Å²) >= 11 is 7.70. The molecule has 0 bridgehead atoms. The molecule has 0 aliphatic carbocycles. The molecule has 4 rings (SSSR count). The van der Waals surface area contributed by atoms with Gasteiger partial charge in [-0.05, 0) is 42.3 Å². The number of hydrogen-bond donors (Lipinski definition) is 1. The van der Waals surface area contributed by atoms with Crippen molar-refractivity contribution in [3.63, 3.8) is 0 Å². The number of benzene rings is 2. The van der Waals surface area contributed by atoms with Gasteiger partial charge in [0.25, 0.3) is 0 Å². The van der Waals surface area contributed by atoms with Gasteiger partial charge in [-0.1, -0.05) is 41.9 Å². The highest BCUT2D eigenvalue weighted by atomic mass is 35.5. The van der Waals surface area contributed by atoms with Gasteiger partial charge in [0.1, 0.15) is 17.0 Å². The summed E-state index contributed by atoms with van der Waals surface area (Å²) in [5.74, 6) is 0.809. The minimum absolute atomic E-state index is 0.729. The summed E-state index contributed by atoms with van der Waals surface area (Å²) in [5, 5.41) is 5.16. The molecule has 0 radical (unpaired) electrons. The van der Waals surface area contributed by atoms with Crippen LogP contribution in [0.5, 0.6) is 0 Å². The third-order valence-corrected chi connectivity index (χ3v) is 5.16. The zero-order valence-corrected chi connectivity index (χ0v) is 14.5. The molecule has 0 amide bonds. The lowest BCUT2D eigenvalue weighted by atomic mass is 10.1. The van der Waals surface area contributed by atoms with Crippen molar-refractivity contribution in [3.8, 4) is 10.4 Å². The highest BCUT2D eigenvalue weighted by Gasteiger charge is 2.11. The Balaban J connectivity index is 1.77. The number of fused-ring (bicyclic) bond motifs is 1. The van der Waals surface area contributed by atoms with Gasteiger partial charge in [0, 0.05) is 15.6 Å². The van der Waals surface area contributed by atoms with Crippen molar-refractivity contribution in [1.29, 1.82) is 0 Å². The molecule has 0 aliphatic rings. The molecule has 3 nitrogen and oxygen atoms in total. The topological polar surface area (TPSA) is 37.8 Å². The second-order valence-electron chi connectivity index (χ2n) is 5.50. The Hall–Kier alpha value is -2.43. The van der Waals surface area contributed by atoms with Crippen LogP contribution in [0.25, 0.3) is 20.7 Å². The largest absolute Gasteiger partial charge is 0.339 e. The van der Waals surface area contributed by atoms with Crippen LogP contribution in [0.4, 0.5) is 11.5 Å². The van der Waals surface area contributed by atoms with Gasteiger partial charge in [-0.15, -0.1) is 11.3 Å². The fourth-order valence-corrected chi connectivity index (χ4v) is 3.83. The lowest BCUT2D eigenvalue weighted by Gasteiger charge is -2.09. The molecule has 0 saturated carbocycles. The molecule has 2 heterocycles. The molecule has 118 valence electrons. The summed E-state index contributed by atoms with van der Waals surface area (Å²) in [7, 11) is 0. The summed E-state index contributed by atoms with van der Waals surface area (Å²) in [4.78, 5) is 11.0. The van der Waals surface area contributed by atoms with E-state index >= 15 is 0 Å². The molecule has 2 aromatic carbocycles. The third-order valence-electron chi connectivity index (χ3n) is 3.83. The van der Waals surface area contributed by atoms with Crippen molar-refractivity contribution in [2.24, 2.45) is 0 Å². The van der Waals surface area contributed by atoms with Crippen LogP contribution in [0.1, 0.15) is 5.56 Å². The number of rotatable bonds is 3. The number of thiophene rings is 1. The Bertz CT molecular complexity index is 1010. The van der Waals surface area contributed by atoms with E-state index in [-0.39, 0.29) is 0 Å². The number of anilines is 2. The lowest BCUT2D eigenvalue weighted by Crippen LogP contribution is -1.96. The zero-order chi connectivity index (χ0) is 16.5. The van der Waals surface area contributed by atoms with E-state index in [0.717, 1.165) is 32.3 Å². The molecule has 0 saturated heterocycles. The number of nitrogens with zero attached hydrogens (tertiary/aromatic N) is 2. The number of hydrogen-bond acceptors (Lipinski definition) is 4. The fourth-order valence-electron chi connectivity index (χ4n) is 2.59. The molecule has 0 aliphatic heterocycles. The maximum atomic E-state index is 6.03. The molecule has 0 atom stereocenters. The Morgan fingerprint density at radius 3 is 2.62 bits per heavy atom. The second-order valence-corrected chi connectivity index (χ2v) is 6.97. The summed E-state index contributed by atoms with van der Waals surface area (Å²) in [6.07, 6.45) is 1.60. The Morgan fingerprint density at radius 2 is 1.83 bits per heavy atom. The van der Waals surface area contributed by atoms with Crippen LogP contribution < -0.4 is 5.32 Å². The van der Waals surface area contributed by atoms with Crippen molar-refractivity contribution in [3.05, 3.63) is 71.5 Å². The summed E-state index contributed by atoms with van der Waals surface area (Å²) in [6.45, 7) is 2.02. The number of aromatic nitrogens is 2. The molecule has 0 unspecified atom stereocenters. The minimum atomic E-state index is 0.729. The van der Waals surface area contributed by atoms with Gasteiger partial charge in [-0.2, -0.15) is 0 Å². The van der Waals surface area contributed by atoms with E-state index in [0.29, 0.717) is 0 Å². The maximum absolute atomic E-state index is 6.03. The second kappa shape index (κ2) is 6.23. The molecule has 1 N–H and O–H groups in total. The van der Waals surface area contributed by atoms with Crippen LogP contribution >= 0.6 is 22.9 Å². The maximum Gasteiger partial charge on any atom is 0.142 e. The normalized spacial score (nSPS) is 10.9. The van der Waals surface area contributed by atoms with Gasteiger partial charge in [0.2, 0.25) is 0 Å². The van der Waals surface area contributed by atoms with Crippen molar-refractivity contribution in [1.82, 2.24) is 9.97 Å². The van der Waals surface area contributed by atoms with Gasteiger partial charge in [0.05, 0.1) is 5.39 Å². The van der Waals surface area contributed by atoms with Crippen molar-refractivity contribution < 1.29 is 0 Å². The van der Waals surface area contributed by atoms with Gasteiger partial charge >= 0.3 is 0 Å². The van der Waals surface area contributed by atoms with Gasteiger partial charge < -0.3 is 5.32 Å². The highest BCUT2D eigenvalue weighted by molar-refractivity contribution is 7.21. The first-order valence-corrected chi connectivity index (χ1v) is 8.73. The average Bonchev–Trinajstić information content (AvgIpc) is 3.03. The molecule has 0 spiro atoms. The Labute approximate surface area is 149 Å². The van der Waals surface area contributed by atoms with E-state index < -0.39 is 0 Å². The van der Waals surface area contributed by atoms with Crippen molar-refractivity contribution in [2.45, 2.75) is 6.92 Å². The SMILES string of the molecule is Cc1cc(Cl)ccc1Nc1ncnc2sc(-c3ccccc3)cc12. The van der Waals surface area contributed by atoms with Crippen LogP contribution in [0, 0.1) is 6.92 Å². The van der Waals surface area contributed by atoms with Crippen LogP contribution in [0.3, 0.4) is 0 Å². The fraction of sp³-hybridized carbons (Fsp3) is 0.0526. The number of aryl methyl sites for hydroxylation is 1. The number of nitrogens with one attached hydrogen (secondary N) is 1. The molecule has 2 aromatic heterocycles. The van der Waals surface area contributed by atoms with E-state index in [1.165, 1.54) is 10.4 Å². The Morgan fingerprint density at radius 1 is 1.00 bits per heavy atom. The predicted octanol–water partition coefficient (Wildman–Crippen LogP) is 6.06. The summed E-state index contributed by atoms with van der Waals surface area (Å²) < 4.78 is 0. The summed E-state index contributed by atoms with van der Waals surface area (Å²) in [6, 6.07) is 18.2. The quantitative estimate of drug-likeness (QED) is 0.487. The molecule has 24 heavy (non-hydrogen) atoms. The first-order chi connectivity index (χ1) is 11.7. The summed E-state index contributed by atoms with van der Waals surface area (Å²) in [5.41, 5.74) is 3.26. The van der Waals surface area contributed by atoms with Crippen LogP contribution in [0.2, 0.25) is 5.02 Å². The van der Waals surface area contributed by atoms with Crippen molar-refractivity contribution >= 4 is 44.7 Å². The molecule has 0 fully saturated rings. The van der Waals surface area contributed by atoms with Gasteiger partial charge in [0.15, 0.2) is 0 Å². The van der Waals surface area contributed by atoms with Gasteiger partial charge in [-0.3, -0.25) is 0 Å². The zero-order valence-electron chi connectivity index (χ0n) is 13.0. The van der Waals surface area contributed by atoms with E-state index in [9.17, 15) is 0 Å². The van der Waals surface area contributed by atoms with Crippen LogP contribution in [-0.4, -0.2) is 9.97 Å². The molecule has 5 heteroatoms. The van der Waals surface area contributed by atoms with E-state index in [4.69, 9.17) is 11.6 Å². The molecular weight excluding hydrogens is 338 g/mol. The minimum Gasteiger partial charge on any atom is -0.339 e. The van der Waals surface area contributed by atoms with Crippen LogP contribution in [0.15, 0.2) is 60.9 Å². The Kier molecular flexibility index (Phi) is 3.92. The third kappa shape index (κ3) is 2.86. The standard InChI is InChI=1S/C19H14ClN3S/c1-12-9-14(20)7-8-16(12)23-18-15-10-17(13-5-3-2-4-6-13)24-19(15)22-11-21-18/h2-11H,1H3,(H,21,22,23). The average molecular weight is 352 g/mol. The highest BCUT2D eigenvalue weighted by Crippen LogP contribution is 2.36. The van der Waals surface area contributed by atoms with E-state index in [1.54, 1.807) is 17.7 Å². The molecule has 4 aromatic rings. The van der Waals surface area contributed by atoms with E-state index in [2.05, 4.69) is 33.5 Å². The lowest BCUT2D eigenvalue weighted by molar-refractivity contribution is 1.23. The van der Waals surface area contributed by atoms with Crippen LogP contribution in [-0.2, 0) is 0 Å². The first-order valence-electron chi connectivity index (χ1n) is 7.54. The predicted molar refractivity (Wildman–Crippen MR) is 102 cm³/mol.